The smallest absolute Gasteiger partial charge is 0.122 e. The first-order valence-corrected chi connectivity index (χ1v) is 7.18. The Kier molecular flexibility index (Phi) is 5.16. The van der Waals surface area contributed by atoms with Gasteiger partial charge in [0.05, 0.1) is 12.8 Å². The van der Waals surface area contributed by atoms with Gasteiger partial charge in [0.15, 0.2) is 0 Å². The summed E-state index contributed by atoms with van der Waals surface area (Å²) in [6, 6.07) is 4.49. The molecule has 1 aliphatic rings. The van der Waals surface area contributed by atoms with E-state index < -0.39 is 0 Å². The van der Waals surface area contributed by atoms with E-state index in [4.69, 9.17) is 10.5 Å². The molecule has 4 nitrogen and oxygen atoms in total. The zero-order valence-electron chi connectivity index (χ0n) is 12.1. The summed E-state index contributed by atoms with van der Waals surface area (Å²) >= 11 is 0. The Hall–Kier alpha value is -1.13. The SMILES string of the molecule is COc1cc(C)nc(CN2CCCCCC2CN)c1. The van der Waals surface area contributed by atoms with E-state index in [1.165, 1.54) is 25.7 Å². The molecule has 0 aliphatic carbocycles. The number of hydrogen-bond acceptors (Lipinski definition) is 4. The average Bonchev–Trinajstić information content (AvgIpc) is 2.63. The highest BCUT2D eigenvalue weighted by Crippen LogP contribution is 2.20. The van der Waals surface area contributed by atoms with Crippen LogP contribution >= 0.6 is 0 Å². The molecular weight excluding hydrogens is 238 g/mol. The van der Waals surface area contributed by atoms with Crippen molar-refractivity contribution in [3.63, 3.8) is 0 Å². The Morgan fingerprint density at radius 3 is 2.95 bits per heavy atom. The molecule has 1 aliphatic heterocycles. The lowest BCUT2D eigenvalue weighted by atomic mass is 10.1. The van der Waals surface area contributed by atoms with E-state index >= 15 is 0 Å². The summed E-state index contributed by atoms with van der Waals surface area (Å²) in [6.45, 7) is 4.75. The zero-order valence-corrected chi connectivity index (χ0v) is 12.1. The molecule has 1 unspecified atom stereocenters. The summed E-state index contributed by atoms with van der Waals surface area (Å²) in [5, 5.41) is 0. The first-order chi connectivity index (χ1) is 9.22. The van der Waals surface area contributed by atoms with Crippen molar-refractivity contribution in [1.29, 1.82) is 0 Å². The van der Waals surface area contributed by atoms with Crippen LogP contribution in [-0.4, -0.2) is 36.1 Å². The number of aryl methyl sites for hydroxylation is 1. The summed E-state index contributed by atoms with van der Waals surface area (Å²) in [5.74, 6) is 0.890. The molecule has 0 saturated carbocycles. The molecule has 4 heteroatoms. The van der Waals surface area contributed by atoms with Crippen molar-refractivity contribution in [2.75, 3.05) is 20.2 Å². The van der Waals surface area contributed by atoms with Crippen LogP contribution in [-0.2, 0) is 6.54 Å². The molecule has 0 radical (unpaired) electrons. The maximum atomic E-state index is 5.92. The second kappa shape index (κ2) is 6.87. The quantitative estimate of drug-likeness (QED) is 0.904. The minimum atomic E-state index is 0.496. The summed E-state index contributed by atoms with van der Waals surface area (Å²) < 4.78 is 5.32. The van der Waals surface area contributed by atoms with Gasteiger partial charge in [-0.05, 0) is 26.3 Å². The molecule has 0 amide bonds. The number of methoxy groups -OCH3 is 1. The Morgan fingerprint density at radius 2 is 2.21 bits per heavy atom. The molecule has 1 atom stereocenters. The molecule has 2 N–H and O–H groups in total. The van der Waals surface area contributed by atoms with Gasteiger partial charge < -0.3 is 10.5 Å². The number of nitrogens with two attached hydrogens (primary N) is 1. The number of aromatic nitrogens is 1. The van der Waals surface area contributed by atoms with Crippen molar-refractivity contribution in [3.05, 3.63) is 23.5 Å². The summed E-state index contributed by atoms with van der Waals surface area (Å²) in [5.41, 5.74) is 8.00. The molecule has 1 saturated heterocycles. The molecule has 0 bridgehead atoms. The van der Waals surface area contributed by atoms with E-state index in [0.29, 0.717) is 6.04 Å². The molecular formula is C15H25N3O. The molecule has 106 valence electrons. The molecule has 1 fully saturated rings. The highest BCUT2D eigenvalue weighted by Gasteiger charge is 2.20. The summed E-state index contributed by atoms with van der Waals surface area (Å²) in [6.07, 6.45) is 5.08. The standard InChI is InChI=1S/C15H25N3O/c1-12-8-15(19-2)9-13(17-12)11-18-7-5-3-4-6-14(18)10-16/h8-9,14H,3-7,10-11,16H2,1-2H3. The third-order valence-corrected chi connectivity index (χ3v) is 3.85. The molecule has 19 heavy (non-hydrogen) atoms. The van der Waals surface area contributed by atoms with E-state index in [1.807, 2.05) is 19.1 Å². The van der Waals surface area contributed by atoms with Crippen molar-refractivity contribution in [2.45, 2.75) is 45.2 Å². The normalized spacial score (nSPS) is 21.1. The lowest BCUT2D eigenvalue weighted by Gasteiger charge is -2.28. The predicted molar refractivity (Wildman–Crippen MR) is 77.2 cm³/mol. The largest absolute Gasteiger partial charge is 0.497 e. The van der Waals surface area contributed by atoms with Crippen LogP contribution in [0, 0.1) is 6.92 Å². The molecule has 1 aromatic rings. The van der Waals surface area contributed by atoms with Gasteiger partial charge in [0.2, 0.25) is 0 Å². The van der Waals surface area contributed by atoms with Gasteiger partial charge in [0.25, 0.3) is 0 Å². The summed E-state index contributed by atoms with van der Waals surface area (Å²) in [7, 11) is 1.70. The molecule has 2 heterocycles. The molecule has 0 aromatic carbocycles. The van der Waals surface area contributed by atoms with Crippen molar-refractivity contribution in [2.24, 2.45) is 5.73 Å². The van der Waals surface area contributed by atoms with Crippen LogP contribution in [0.3, 0.4) is 0 Å². The number of ether oxygens (including phenoxy) is 1. The number of hydrogen-bond donors (Lipinski definition) is 1. The number of pyridine rings is 1. The van der Waals surface area contributed by atoms with Crippen LogP contribution in [0.15, 0.2) is 12.1 Å². The third kappa shape index (κ3) is 3.91. The van der Waals surface area contributed by atoms with Gasteiger partial charge >= 0.3 is 0 Å². The van der Waals surface area contributed by atoms with Crippen molar-refractivity contribution in [1.82, 2.24) is 9.88 Å². The third-order valence-electron chi connectivity index (χ3n) is 3.85. The maximum absolute atomic E-state index is 5.92. The number of nitrogens with zero attached hydrogens (tertiary/aromatic N) is 2. The van der Waals surface area contributed by atoms with Crippen LogP contribution in [0.25, 0.3) is 0 Å². The summed E-state index contributed by atoms with van der Waals surface area (Å²) in [4.78, 5) is 7.09. The highest BCUT2D eigenvalue weighted by molar-refractivity contribution is 5.26. The van der Waals surface area contributed by atoms with Gasteiger partial charge in [-0.25, -0.2) is 0 Å². The lowest BCUT2D eigenvalue weighted by Crippen LogP contribution is -2.39. The highest BCUT2D eigenvalue weighted by atomic mass is 16.5. The minimum absolute atomic E-state index is 0.496. The second-order valence-corrected chi connectivity index (χ2v) is 5.35. The van der Waals surface area contributed by atoms with Crippen molar-refractivity contribution in [3.8, 4) is 5.75 Å². The van der Waals surface area contributed by atoms with Gasteiger partial charge in [-0.2, -0.15) is 0 Å². The zero-order chi connectivity index (χ0) is 13.7. The Labute approximate surface area is 116 Å². The number of rotatable bonds is 4. The van der Waals surface area contributed by atoms with E-state index in [1.54, 1.807) is 7.11 Å². The molecule has 1 aromatic heterocycles. The van der Waals surface area contributed by atoms with Gasteiger partial charge in [-0.15, -0.1) is 0 Å². The van der Waals surface area contributed by atoms with Crippen molar-refractivity contribution >= 4 is 0 Å². The van der Waals surface area contributed by atoms with Crippen molar-refractivity contribution < 1.29 is 4.74 Å². The minimum Gasteiger partial charge on any atom is -0.497 e. The Bertz CT molecular complexity index is 408. The van der Waals surface area contributed by atoms with Gasteiger partial charge in [0.1, 0.15) is 5.75 Å². The fourth-order valence-corrected chi connectivity index (χ4v) is 2.82. The molecule has 2 rings (SSSR count). The van der Waals surface area contributed by atoms with Gasteiger partial charge in [-0.3, -0.25) is 9.88 Å². The van der Waals surface area contributed by atoms with Crippen LogP contribution in [0.1, 0.15) is 37.1 Å². The van der Waals surface area contributed by atoms with Crippen LogP contribution < -0.4 is 10.5 Å². The van der Waals surface area contributed by atoms with Gasteiger partial charge in [-0.1, -0.05) is 12.8 Å². The van der Waals surface area contributed by atoms with Crippen LogP contribution in [0.4, 0.5) is 0 Å². The van der Waals surface area contributed by atoms with E-state index in [0.717, 1.165) is 36.8 Å². The maximum Gasteiger partial charge on any atom is 0.122 e. The first-order valence-electron chi connectivity index (χ1n) is 7.18. The number of likely N-dealkylation sites (tertiary alicyclic amines) is 1. The second-order valence-electron chi connectivity index (χ2n) is 5.35. The van der Waals surface area contributed by atoms with Crippen LogP contribution in [0.2, 0.25) is 0 Å². The van der Waals surface area contributed by atoms with E-state index in [2.05, 4.69) is 9.88 Å². The fourth-order valence-electron chi connectivity index (χ4n) is 2.82. The Morgan fingerprint density at radius 1 is 1.37 bits per heavy atom. The topological polar surface area (TPSA) is 51.4 Å². The monoisotopic (exact) mass is 263 g/mol. The van der Waals surface area contributed by atoms with Crippen LogP contribution in [0.5, 0.6) is 5.75 Å². The average molecular weight is 263 g/mol. The lowest BCUT2D eigenvalue weighted by molar-refractivity contribution is 0.193. The predicted octanol–water partition coefficient (Wildman–Crippen LogP) is 2.10. The Balaban J connectivity index is 2.11. The van der Waals surface area contributed by atoms with E-state index in [9.17, 15) is 0 Å². The van der Waals surface area contributed by atoms with E-state index in [-0.39, 0.29) is 0 Å². The fraction of sp³-hybridized carbons (Fsp3) is 0.667. The van der Waals surface area contributed by atoms with Gasteiger partial charge in [0, 0.05) is 37.0 Å². The molecule has 0 spiro atoms. The first kappa shape index (κ1) is 14.3.